The molecule has 0 unspecified atom stereocenters. The fourth-order valence-electron chi connectivity index (χ4n) is 1.41. The van der Waals surface area contributed by atoms with Crippen LogP contribution >= 0.6 is 0 Å². The predicted molar refractivity (Wildman–Crippen MR) is 45.2 cm³/mol. The van der Waals surface area contributed by atoms with Crippen molar-refractivity contribution < 1.29 is 9.15 Å². The summed E-state index contributed by atoms with van der Waals surface area (Å²) in [5, 5.41) is 3.28. The summed E-state index contributed by atoms with van der Waals surface area (Å²) >= 11 is 0. The Morgan fingerprint density at radius 2 is 2.25 bits per heavy atom. The zero-order valence-corrected chi connectivity index (χ0v) is 6.95. The highest BCUT2D eigenvalue weighted by Gasteiger charge is 2.14. The molecular formula is C9H13NO2. The Labute approximate surface area is 71.7 Å². The summed E-state index contributed by atoms with van der Waals surface area (Å²) in [5.41, 5.74) is 0. The molecule has 0 bridgehead atoms. The Morgan fingerprint density at radius 3 is 2.92 bits per heavy atom. The molecule has 0 saturated carbocycles. The standard InChI is InChI=1S/C9H13NO2/c1-2-9(11-7-1)12-8-3-5-10-6-4-8/h1-2,7-8,10H,3-6H2. The van der Waals surface area contributed by atoms with Gasteiger partial charge in [0.15, 0.2) is 0 Å². The minimum absolute atomic E-state index is 0.331. The number of hydrogen-bond acceptors (Lipinski definition) is 3. The first-order chi connectivity index (χ1) is 5.95. The maximum Gasteiger partial charge on any atom is 0.284 e. The van der Waals surface area contributed by atoms with Crippen LogP contribution in [0.4, 0.5) is 0 Å². The molecule has 1 aromatic rings. The van der Waals surface area contributed by atoms with E-state index in [2.05, 4.69) is 5.32 Å². The van der Waals surface area contributed by atoms with E-state index in [-0.39, 0.29) is 0 Å². The molecule has 0 aromatic carbocycles. The van der Waals surface area contributed by atoms with Crippen molar-refractivity contribution in [2.24, 2.45) is 0 Å². The van der Waals surface area contributed by atoms with Crippen molar-refractivity contribution >= 4 is 0 Å². The van der Waals surface area contributed by atoms with Crippen molar-refractivity contribution in [3.05, 3.63) is 18.4 Å². The van der Waals surface area contributed by atoms with Gasteiger partial charge < -0.3 is 14.5 Å². The molecule has 0 radical (unpaired) electrons. The fourth-order valence-corrected chi connectivity index (χ4v) is 1.41. The van der Waals surface area contributed by atoms with Crippen molar-refractivity contribution in [2.45, 2.75) is 18.9 Å². The van der Waals surface area contributed by atoms with Crippen molar-refractivity contribution in [1.29, 1.82) is 0 Å². The molecule has 2 heterocycles. The number of piperidine rings is 1. The van der Waals surface area contributed by atoms with Gasteiger partial charge in [-0.3, -0.25) is 0 Å². The SMILES string of the molecule is c1coc(OC2CCNCC2)c1. The van der Waals surface area contributed by atoms with E-state index in [1.54, 1.807) is 6.26 Å². The highest BCUT2D eigenvalue weighted by molar-refractivity contribution is 5.04. The average molecular weight is 167 g/mol. The second-order valence-corrected chi connectivity index (χ2v) is 3.00. The monoisotopic (exact) mass is 167 g/mol. The lowest BCUT2D eigenvalue weighted by molar-refractivity contribution is 0.126. The number of ether oxygens (including phenoxy) is 1. The van der Waals surface area contributed by atoms with E-state index in [0.717, 1.165) is 25.9 Å². The third-order valence-electron chi connectivity index (χ3n) is 2.06. The zero-order chi connectivity index (χ0) is 8.23. The molecule has 0 aliphatic carbocycles. The van der Waals surface area contributed by atoms with Crippen LogP contribution in [0.15, 0.2) is 22.8 Å². The van der Waals surface area contributed by atoms with Crippen molar-refractivity contribution in [3.63, 3.8) is 0 Å². The fraction of sp³-hybridized carbons (Fsp3) is 0.556. The van der Waals surface area contributed by atoms with Crippen LogP contribution < -0.4 is 10.1 Å². The van der Waals surface area contributed by atoms with E-state index in [9.17, 15) is 0 Å². The quantitative estimate of drug-likeness (QED) is 0.723. The zero-order valence-electron chi connectivity index (χ0n) is 6.95. The number of hydrogen-bond donors (Lipinski definition) is 1. The van der Waals surface area contributed by atoms with Gasteiger partial charge in [-0.2, -0.15) is 0 Å². The molecule has 1 N–H and O–H groups in total. The van der Waals surface area contributed by atoms with Crippen LogP contribution in [0, 0.1) is 0 Å². The van der Waals surface area contributed by atoms with Crippen molar-refractivity contribution in [1.82, 2.24) is 5.32 Å². The van der Waals surface area contributed by atoms with Gasteiger partial charge >= 0.3 is 0 Å². The maximum atomic E-state index is 5.59. The third kappa shape index (κ3) is 1.80. The molecule has 2 rings (SSSR count). The first-order valence-corrected chi connectivity index (χ1v) is 4.36. The summed E-state index contributed by atoms with van der Waals surface area (Å²) in [4.78, 5) is 0. The van der Waals surface area contributed by atoms with Gasteiger partial charge in [0.05, 0.1) is 6.26 Å². The summed E-state index contributed by atoms with van der Waals surface area (Å²) < 4.78 is 10.7. The maximum absolute atomic E-state index is 5.59. The molecule has 1 aromatic heterocycles. The van der Waals surface area contributed by atoms with Crippen LogP contribution in [0.25, 0.3) is 0 Å². The van der Waals surface area contributed by atoms with Crippen LogP contribution in [-0.2, 0) is 0 Å². The molecule has 66 valence electrons. The highest BCUT2D eigenvalue weighted by Crippen LogP contribution is 2.16. The molecule has 1 fully saturated rings. The minimum Gasteiger partial charge on any atom is -0.462 e. The number of nitrogens with one attached hydrogen (secondary N) is 1. The Kier molecular flexibility index (Phi) is 2.32. The predicted octanol–water partition coefficient (Wildman–Crippen LogP) is 1.41. The molecule has 3 heteroatoms. The Hall–Kier alpha value is -0.960. The number of furan rings is 1. The molecule has 1 saturated heterocycles. The largest absolute Gasteiger partial charge is 0.462 e. The minimum atomic E-state index is 0.331. The van der Waals surface area contributed by atoms with Crippen molar-refractivity contribution in [3.8, 4) is 5.95 Å². The summed E-state index contributed by atoms with van der Waals surface area (Å²) in [6.07, 6.45) is 4.11. The lowest BCUT2D eigenvalue weighted by atomic mass is 10.1. The molecule has 1 aliphatic rings. The van der Waals surface area contributed by atoms with Gasteiger partial charge in [-0.1, -0.05) is 0 Å². The molecule has 1 aliphatic heterocycles. The summed E-state index contributed by atoms with van der Waals surface area (Å²) in [6.45, 7) is 2.09. The second-order valence-electron chi connectivity index (χ2n) is 3.00. The van der Waals surface area contributed by atoms with Crippen LogP contribution in [0.5, 0.6) is 5.95 Å². The molecule has 3 nitrogen and oxygen atoms in total. The van der Waals surface area contributed by atoms with Crippen molar-refractivity contribution in [2.75, 3.05) is 13.1 Å². The van der Waals surface area contributed by atoms with Crippen LogP contribution in [0.2, 0.25) is 0 Å². The summed E-state index contributed by atoms with van der Waals surface area (Å²) in [7, 11) is 0. The van der Waals surface area contributed by atoms with Gasteiger partial charge in [0.2, 0.25) is 0 Å². The highest BCUT2D eigenvalue weighted by atomic mass is 16.6. The normalized spacial score (nSPS) is 19.3. The molecule has 12 heavy (non-hydrogen) atoms. The molecule has 0 atom stereocenters. The van der Waals surface area contributed by atoms with Crippen LogP contribution in [0.1, 0.15) is 12.8 Å². The van der Waals surface area contributed by atoms with E-state index in [4.69, 9.17) is 9.15 Å². The lowest BCUT2D eigenvalue weighted by Crippen LogP contribution is -2.34. The summed E-state index contributed by atoms with van der Waals surface area (Å²) in [5.74, 6) is 0.641. The first-order valence-electron chi connectivity index (χ1n) is 4.36. The van der Waals surface area contributed by atoms with E-state index < -0.39 is 0 Å². The second kappa shape index (κ2) is 3.63. The Balaban J connectivity index is 1.86. The van der Waals surface area contributed by atoms with Gasteiger partial charge in [0, 0.05) is 6.07 Å². The van der Waals surface area contributed by atoms with E-state index in [1.807, 2.05) is 12.1 Å². The van der Waals surface area contributed by atoms with E-state index in [1.165, 1.54) is 0 Å². The Morgan fingerprint density at radius 1 is 1.42 bits per heavy atom. The first kappa shape index (κ1) is 7.68. The molecule has 0 spiro atoms. The third-order valence-corrected chi connectivity index (χ3v) is 2.06. The average Bonchev–Trinajstić information content (AvgIpc) is 2.59. The van der Waals surface area contributed by atoms with Gasteiger partial charge in [-0.25, -0.2) is 0 Å². The van der Waals surface area contributed by atoms with Gasteiger partial charge in [0.1, 0.15) is 6.10 Å². The number of rotatable bonds is 2. The molecule has 0 amide bonds. The van der Waals surface area contributed by atoms with Gasteiger partial charge in [-0.15, -0.1) is 0 Å². The topological polar surface area (TPSA) is 34.4 Å². The smallest absolute Gasteiger partial charge is 0.284 e. The molecular weight excluding hydrogens is 154 g/mol. The lowest BCUT2D eigenvalue weighted by Gasteiger charge is -2.22. The van der Waals surface area contributed by atoms with Gasteiger partial charge in [-0.05, 0) is 32.0 Å². The van der Waals surface area contributed by atoms with E-state index in [0.29, 0.717) is 12.1 Å². The Bertz CT molecular complexity index is 214. The summed E-state index contributed by atoms with van der Waals surface area (Å²) in [6, 6.07) is 3.69. The van der Waals surface area contributed by atoms with Gasteiger partial charge in [0.25, 0.3) is 5.95 Å². The van der Waals surface area contributed by atoms with E-state index >= 15 is 0 Å². The van der Waals surface area contributed by atoms with Crippen LogP contribution in [-0.4, -0.2) is 19.2 Å². The van der Waals surface area contributed by atoms with Crippen LogP contribution in [0.3, 0.4) is 0 Å².